The smallest absolute Gasteiger partial charge is 0.308 e. The second-order valence-corrected chi connectivity index (χ2v) is 8.25. The lowest BCUT2D eigenvalue weighted by molar-refractivity contribution is -0.133. The van der Waals surface area contributed by atoms with Gasteiger partial charge in [0, 0.05) is 24.6 Å². The highest BCUT2D eigenvalue weighted by molar-refractivity contribution is 7.87. The summed E-state index contributed by atoms with van der Waals surface area (Å²) < 4.78 is 28.6. The molecule has 0 heterocycles. The van der Waals surface area contributed by atoms with E-state index in [9.17, 15) is 13.2 Å². The Morgan fingerprint density at radius 3 is 2.52 bits per heavy atom. The molecule has 0 aliphatic heterocycles. The number of benzene rings is 1. The molecule has 1 aliphatic carbocycles. The number of carbonyl (C=O) groups is 1. The van der Waals surface area contributed by atoms with Crippen molar-refractivity contribution in [2.45, 2.75) is 52.6 Å². The molecule has 2 rings (SSSR count). The molecule has 5 nitrogen and oxygen atoms in total. The molecule has 1 saturated carbocycles. The summed E-state index contributed by atoms with van der Waals surface area (Å²) in [5.74, 6) is 0.656. The number of rotatable bonds is 8. The van der Waals surface area contributed by atoms with Crippen molar-refractivity contribution in [2.75, 3.05) is 5.75 Å². The minimum absolute atomic E-state index is 0.0834. The average Bonchev–Trinajstić information content (AvgIpc) is 3.29. The van der Waals surface area contributed by atoms with Crippen LogP contribution in [0.1, 0.15) is 45.6 Å². The van der Waals surface area contributed by atoms with Crippen LogP contribution in [0.25, 0.3) is 0 Å². The number of hydrogen-bond donors (Lipinski definition) is 0. The zero-order chi connectivity index (χ0) is 17.0. The van der Waals surface area contributed by atoms with Crippen molar-refractivity contribution < 1.29 is 17.4 Å². The van der Waals surface area contributed by atoms with Crippen LogP contribution in [-0.4, -0.2) is 31.0 Å². The van der Waals surface area contributed by atoms with E-state index in [2.05, 4.69) is 0 Å². The van der Waals surface area contributed by atoms with E-state index in [0.717, 1.165) is 18.4 Å². The summed E-state index contributed by atoms with van der Waals surface area (Å²) in [6, 6.07) is 7.30. The van der Waals surface area contributed by atoms with Crippen LogP contribution in [0, 0.1) is 5.92 Å². The molecular weight excluding hydrogens is 314 g/mol. The van der Waals surface area contributed by atoms with Crippen LogP contribution >= 0.6 is 0 Å². The maximum atomic E-state index is 12.5. The van der Waals surface area contributed by atoms with Crippen molar-refractivity contribution in [3.63, 3.8) is 0 Å². The number of amides is 1. The van der Waals surface area contributed by atoms with E-state index in [-0.39, 0.29) is 17.7 Å². The Labute approximate surface area is 138 Å². The summed E-state index contributed by atoms with van der Waals surface area (Å²) in [6.07, 6.45) is 2.53. The zero-order valence-electron chi connectivity index (χ0n) is 14.0. The Balaban J connectivity index is 2.18. The van der Waals surface area contributed by atoms with Crippen molar-refractivity contribution >= 4 is 16.0 Å². The zero-order valence-corrected chi connectivity index (χ0v) is 14.8. The molecule has 0 N–H and O–H groups in total. The maximum Gasteiger partial charge on any atom is 0.308 e. The molecule has 0 bridgehead atoms. The first-order valence-electron chi connectivity index (χ1n) is 8.12. The van der Waals surface area contributed by atoms with Gasteiger partial charge in [-0.15, -0.1) is 0 Å². The molecule has 0 saturated heterocycles. The normalized spacial score (nSPS) is 14.8. The molecule has 128 valence electrons. The summed E-state index contributed by atoms with van der Waals surface area (Å²) in [6.45, 7) is 5.98. The van der Waals surface area contributed by atoms with Crippen molar-refractivity contribution in [2.24, 2.45) is 5.92 Å². The Morgan fingerprint density at radius 2 is 1.96 bits per heavy atom. The average molecular weight is 339 g/mol. The Kier molecular flexibility index (Phi) is 5.68. The fraction of sp³-hybridized carbons (Fsp3) is 0.588. The van der Waals surface area contributed by atoms with Crippen LogP contribution in [0.3, 0.4) is 0 Å². The standard InChI is InChI=1S/C17H25NO4S/c1-4-23(20,21)22-16-8-6-5-7-14(16)12-18(15-9-10-15)17(19)11-13(2)3/h5-8,13,15H,4,9-12H2,1-3H3. The molecule has 0 atom stereocenters. The van der Waals surface area contributed by atoms with E-state index in [1.54, 1.807) is 19.1 Å². The molecule has 6 heteroatoms. The lowest BCUT2D eigenvalue weighted by Crippen LogP contribution is -2.33. The second kappa shape index (κ2) is 7.34. The Morgan fingerprint density at radius 1 is 1.30 bits per heavy atom. The quantitative estimate of drug-likeness (QED) is 0.683. The van der Waals surface area contributed by atoms with E-state index in [1.165, 1.54) is 0 Å². The van der Waals surface area contributed by atoms with Crippen molar-refractivity contribution in [3.8, 4) is 5.75 Å². The van der Waals surface area contributed by atoms with Gasteiger partial charge >= 0.3 is 10.1 Å². The van der Waals surface area contributed by atoms with E-state index in [4.69, 9.17) is 4.18 Å². The maximum absolute atomic E-state index is 12.5. The third-order valence-electron chi connectivity index (χ3n) is 3.77. The number of hydrogen-bond acceptors (Lipinski definition) is 4. The number of carbonyl (C=O) groups excluding carboxylic acids is 1. The van der Waals surface area contributed by atoms with Crippen molar-refractivity contribution in [1.82, 2.24) is 4.90 Å². The van der Waals surface area contributed by atoms with Gasteiger partial charge in [-0.1, -0.05) is 32.0 Å². The van der Waals surface area contributed by atoms with E-state index in [1.807, 2.05) is 30.9 Å². The van der Waals surface area contributed by atoms with E-state index >= 15 is 0 Å². The van der Waals surface area contributed by atoms with Crippen LogP contribution < -0.4 is 4.18 Å². The molecule has 0 radical (unpaired) electrons. The highest BCUT2D eigenvalue weighted by Crippen LogP contribution is 2.31. The summed E-state index contributed by atoms with van der Waals surface area (Å²) in [4.78, 5) is 14.3. The molecular formula is C17H25NO4S. The molecule has 1 aromatic rings. The lowest BCUT2D eigenvalue weighted by atomic mass is 10.1. The molecule has 1 amide bonds. The molecule has 23 heavy (non-hydrogen) atoms. The van der Waals surface area contributed by atoms with Gasteiger partial charge in [0.25, 0.3) is 0 Å². The van der Waals surface area contributed by atoms with E-state index < -0.39 is 10.1 Å². The highest BCUT2D eigenvalue weighted by Gasteiger charge is 2.33. The summed E-state index contributed by atoms with van der Waals surface area (Å²) in [5.41, 5.74) is 0.730. The predicted molar refractivity (Wildman–Crippen MR) is 89.6 cm³/mol. The largest absolute Gasteiger partial charge is 0.382 e. The number of nitrogens with zero attached hydrogens (tertiary/aromatic N) is 1. The van der Waals surface area contributed by atoms with Gasteiger partial charge in [-0.25, -0.2) is 0 Å². The molecule has 0 spiro atoms. The minimum Gasteiger partial charge on any atom is -0.382 e. The first kappa shape index (κ1) is 17.8. The van der Waals surface area contributed by atoms with Crippen LogP contribution in [0.5, 0.6) is 5.75 Å². The van der Waals surface area contributed by atoms with Crippen LogP contribution in [-0.2, 0) is 21.5 Å². The monoisotopic (exact) mass is 339 g/mol. The van der Waals surface area contributed by atoms with Gasteiger partial charge < -0.3 is 9.08 Å². The SMILES string of the molecule is CCS(=O)(=O)Oc1ccccc1CN(C(=O)CC(C)C)C1CC1. The molecule has 1 aliphatic rings. The van der Waals surface area contributed by atoms with Gasteiger partial charge in [-0.2, -0.15) is 8.42 Å². The molecule has 1 aromatic carbocycles. The van der Waals surface area contributed by atoms with Gasteiger partial charge in [0.15, 0.2) is 0 Å². The van der Waals surface area contributed by atoms with Crippen molar-refractivity contribution in [3.05, 3.63) is 29.8 Å². The van der Waals surface area contributed by atoms with Gasteiger partial charge in [0.05, 0.1) is 5.75 Å². The fourth-order valence-electron chi connectivity index (χ4n) is 2.37. The first-order chi connectivity index (χ1) is 10.8. The summed E-state index contributed by atoms with van der Waals surface area (Å²) in [7, 11) is -3.58. The molecule has 0 unspecified atom stereocenters. The van der Waals surface area contributed by atoms with Crippen LogP contribution in [0.2, 0.25) is 0 Å². The predicted octanol–water partition coefficient (Wildman–Crippen LogP) is 2.95. The molecule has 1 fully saturated rings. The van der Waals surface area contributed by atoms with Crippen LogP contribution in [0.4, 0.5) is 0 Å². The fourth-order valence-corrected chi connectivity index (χ4v) is 2.92. The van der Waals surface area contributed by atoms with Gasteiger partial charge in [-0.05, 0) is 31.7 Å². The second-order valence-electron chi connectivity index (χ2n) is 6.39. The lowest BCUT2D eigenvalue weighted by Gasteiger charge is -2.24. The Bertz CT molecular complexity index is 650. The van der Waals surface area contributed by atoms with Gasteiger partial charge in [-0.3, -0.25) is 4.79 Å². The first-order valence-corrected chi connectivity index (χ1v) is 9.69. The van der Waals surface area contributed by atoms with E-state index in [0.29, 0.717) is 24.6 Å². The minimum atomic E-state index is -3.58. The topological polar surface area (TPSA) is 63.7 Å². The highest BCUT2D eigenvalue weighted by atomic mass is 32.2. The summed E-state index contributed by atoms with van der Waals surface area (Å²) in [5, 5.41) is 0. The number of para-hydroxylation sites is 1. The third kappa shape index (κ3) is 5.23. The summed E-state index contributed by atoms with van der Waals surface area (Å²) >= 11 is 0. The molecule has 0 aromatic heterocycles. The van der Waals surface area contributed by atoms with Crippen molar-refractivity contribution in [1.29, 1.82) is 0 Å². The van der Waals surface area contributed by atoms with Gasteiger partial charge in [0.2, 0.25) is 5.91 Å². The van der Waals surface area contributed by atoms with Crippen LogP contribution in [0.15, 0.2) is 24.3 Å². The third-order valence-corrected chi connectivity index (χ3v) is 4.92. The van der Waals surface area contributed by atoms with Gasteiger partial charge in [0.1, 0.15) is 5.75 Å². The Hall–Kier alpha value is -1.56.